The second-order valence-electron chi connectivity index (χ2n) is 7.07. The summed E-state index contributed by atoms with van der Waals surface area (Å²) in [6.07, 6.45) is -6.89. The van der Waals surface area contributed by atoms with Crippen molar-refractivity contribution in [3.05, 3.63) is 59.2 Å². The predicted molar refractivity (Wildman–Crippen MR) is 98.1 cm³/mol. The maximum atomic E-state index is 13.7. The van der Waals surface area contributed by atoms with Gasteiger partial charge in [-0.15, -0.1) is 0 Å². The Kier molecular flexibility index (Phi) is 6.16. The summed E-state index contributed by atoms with van der Waals surface area (Å²) in [7, 11) is -7.25. The van der Waals surface area contributed by atoms with E-state index >= 15 is 0 Å². The van der Waals surface area contributed by atoms with E-state index in [4.69, 9.17) is 0 Å². The van der Waals surface area contributed by atoms with E-state index in [1.54, 1.807) is 24.3 Å². The van der Waals surface area contributed by atoms with Gasteiger partial charge in [-0.2, -0.15) is 47.9 Å². The average Bonchev–Trinajstić information content (AvgIpc) is 3.10. The highest BCUT2D eigenvalue weighted by molar-refractivity contribution is 7.87. The molecule has 34 heavy (non-hydrogen) atoms. The third-order valence-corrected chi connectivity index (χ3v) is 6.08. The van der Waals surface area contributed by atoms with Crippen molar-refractivity contribution in [2.75, 3.05) is 6.67 Å². The lowest BCUT2D eigenvalue weighted by molar-refractivity contribution is -0.382. The SMILES string of the molecule is O=S(=O)(O/N=C(\CF)c1ccc2c(c1)Cc1ccccc1-2)C(F)(F)C(F)(F)C(F)(F)C(F)(F)F. The van der Waals surface area contributed by atoms with Crippen LogP contribution in [-0.4, -0.2) is 44.1 Å². The number of nitrogens with zero attached hydrogens (tertiary/aromatic N) is 1. The largest absolute Gasteiger partial charge is 0.460 e. The molecule has 0 spiro atoms. The molecule has 0 radical (unpaired) electrons. The molecule has 0 aliphatic heterocycles. The molecule has 1 aliphatic carbocycles. The number of hydrogen-bond acceptors (Lipinski definition) is 4. The molecule has 3 rings (SSSR count). The molecule has 0 unspecified atom stereocenters. The number of alkyl halides is 10. The van der Waals surface area contributed by atoms with Gasteiger partial charge in [0.2, 0.25) is 0 Å². The smallest absolute Gasteiger partial charge is 0.263 e. The molecule has 0 aromatic heterocycles. The molecule has 0 N–H and O–H groups in total. The predicted octanol–water partition coefficient (Wildman–Crippen LogP) is 5.70. The maximum Gasteiger partial charge on any atom is 0.460 e. The molecule has 4 nitrogen and oxygen atoms in total. The Balaban J connectivity index is 1.92. The zero-order valence-electron chi connectivity index (χ0n) is 16.3. The van der Waals surface area contributed by atoms with Crippen LogP contribution in [0.2, 0.25) is 0 Å². The number of rotatable bonds is 7. The fourth-order valence-corrected chi connectivity index (χ4v) is 3.86. The van der Waals surface area contributed by atoms with E-state index < -0.39 is 45.8 Å². The van der Waals surface area contributed by atoms with Crippen LogP contribution < -0.4 is 0 Å². The number of halogens is 10. The van der Waals surface area contributed by atoms with Crippen molar-refractivity contribution in [1.29, 1.82) is 0 Å². The van der Waals surface area contributed by atoms with Gasteiger partial charge in [0.05, 0.1) is 0 Å². The van der Waals surface area contributed by atoms with Crippen LogP contribution in [0.25, 0.3) is 11.1 Å². The monoisotopic (exact) mass is 523 g/mol. The standard InChI is InChI=1S/C19H11F10NO3S/c20-9-15(11-5-6-14-12(8-11)7-10-3-1-2-4-13(10)14)30-33-34(31,32)19(28,29)17(23,24)16(21,22)18(25,26)27/h1-6,8H,7,9H2/b30-15+. The Morgan fingerprint density at radius 3 is 2.03 bits per heavy atom. The van der Waals surface area contributed by atoms with E-state index in [-0.39, 0.29) is 5.56 Å². The van der Waals surface area contributed by atoms with Gasteiger partial charge in [0, 0.05) is 5.56 Å². The molecular weight excluding hydrogens is 512 g/mol. The van der Waals surface area contributed by atoms with Gasteiger partial charge in [-0.05, 0) is 34.7 Å². The van der Waals surface area contributed by atoms with Crippen LogP contribution >= 0.6 is 0 Å². The van der Waals surface area contributed by atoms with Gasteiger partial charge < -0.3 is 0 Å². The summed E-state index contributed by atoms with van der Waals surface area (Å²) in [6, 6.07) is 10.9. The van der Waals surface area contributed by atoms with Crippen LogP contribution in [0, 0.1) is 0 Å². The number of oxime groups is 1. The lowest BCUT2D eigenvalue weighted by Crippen LogP contribution is -2.63. The third kappa shape index (κ3) is 3.88. The molecule has 0 bridgehead atoms. The van der Waals surface area contributed by atoms with Crippen LogP contribution in [0.15, 0.2) is 47.6 Å². The van der Waals surface area contributed by atoms with Gasteiger partial charge in [0.1, 0.15) is 12.4 Å². The zero-order chi connectivity index (χ0) is 25.7. The Morgan fingerprint density at radius 2 is 1.44 bits per heavy atom. The first-order chi connectivity index (χ1) is 15.5. The second-order valence-corrected chi connectivity index (χ2v) is 8.64. The van der Waals surface area contributed by atoms with Crippen molar-refractivity contribution in [3.8, 4) is 11.1 Å². The van der Waals surface area contributed by atoms with E-state index in [1.807, 2.05) is 0 Å². The average molecular weight is 523 g/mol. The van der Waals surface area contributed by atoms with Crippen molar-refractivity contribution >= 4 is 15.8 Å². The summed E-state index contributed by atoms with van der Waals surface area (Å²) in [4.78, 5) is 0. The normalized spacial score (nSPS) is 15.2. The van der Waals surface area contributed by atoms with Gasteiger partial charge in [0.25, 0.3) is 0 Å². The number of benzene rings is 2. The van der Waals surface area contributed by atoms with Crippen molar-refractivity contribution < 1.29 is 56.6 Å². The third-order valence-electron chi connectivity index (χ3n) is 4.93. The molecule has 0 heterocycles. The van der Waals surface area contributed by atoms with Crippen LogP contribution in [0.3, 0.4) is 0 Å². The molecule has 186 valence electrons. The molecule has 0 fully saturated rings. The van der Waals surface area contributed by atoms with Crippen molar-refractivity contribution in [1.82, 2.24) is 0 Å². The minimum absolute atomic E-state index is 0.236. The van der Waals surface area contributed by atoms with Crippen LogP contribution in [-0.2, 0) is 20.8 Å². The summed E-state index contributed by atoms with van der Waals surface area (Å²) in [5.74, 6) is -14.9. The summed E-state index contributed by atoms with van der Waals surface area (Å²) >= 11 is 0. The van der Waals surface area contributed by atoms with Crippen LogP contribution in [0.1, 0.15) is 16.7 Å². The highest BCUT2D eigenvalue weighted by atomic mass is 32.2. The molecule has 0 saturated heterocycles. The van der Waals surface area contributed by atoms with Gasteiger partial charge in [-0.1, -0.05) is 41.6 Å². The first-order valence-corrected chi connectivity index (χ1v) is 10.4. The zero-order valence-corrected chi connectivity index (χ0v) is 17.1. The van der Waals surface area contributed by atoms with E-state index in [2.05, 4.69) is 9.44 Å². The molecule has 2 aromatic carbocycles. The Bertz CT molecular complexity index is 1240. The molecule has 15 heteroatoms. The Morgan fingerprint density at radius 1 is 0.853 bits per heavy atom. The van der Waals surface area contributed by atoms with E-state index in [0.29, 0.717) is 17.5 Å². The lowest BCUT2D eigenvalue weighted by atomic mass is 10.0. The van der Waals surface area contributed by atoms with E-state index in [1.165, 1.54) is 18.2 Å². The molecule has 0 atom stereocenters. The van der Waals surface area contributed by atoms with E-state index in [0.717, 1.165) is 11.1 Å². The topological polar surface area (TPSA) is 55.7 Å². The summed E-state index contributed by atoms with van der Waals surface area (Å²) in [6.45, 7) is -1.69. The molecule has 1 aliphatic rings. The first-order valence-electron chi connectivity index (χ1n) is 8.95. The minimum Gasteiger partial charge on any atom is -0.263 e. The summed E-state index contributed by atoms with van der Waals surface area (Å²) in [5.41, 5.74) is 1.72. The highest BCUT2D eigenvalue weighted by Crippen LogP contribution is 2.55. The fraction of sp³-hybridized carbons (Fsp3) is 0.316. The second kappa shape index (κ2) is 8.13. The minimum atomic E-state index is -7.48. The van der Waals surface area contributed by atoms with Gasteiger partial charge in [0.15, 0.2) is 0 Å². The summed E-state index contributed by atoms with van der Waals surface area (Å²) < 4.78 is 156. The molecular formula is C19H11F10NO3S. The quantitative estimate of drug-likeness (QED) is 0.227. The Labute approximate surface area is 184 Å². The van der Waals surface area contributed by atoms with Crippen molar-refractivity contribution in [2.24, 2.45) is 5.16 Å². The first kappa shape index (κ1) is 25.8. The number of fused-ring (bicyclic) bond motifs is 3. The molecule has 2 aromatic rings. The maximum absolute atomic E-state index is 13.7. The van der Waals surface area contributed by atoms with Crippen molar-refractivity contribution in [3.63, 3.8) is 0 Å². The summed E-state index contributed by atoms with van der Waals surface area (Å²) in [5, 5.41) is -4.60. The number of hydrogen-bond donors (Lipinski definition) is 0. The highest BCUT2D eigenvalue weighted by Gasteiger charge is 2.86. The fourth-order valence-electron chi connectivity index (χ4n) is 3.14. The van der Waals surface area contributed by atoms with Crippen LogP contribution in [0.5, 0.6) is 0 Å². The van der Waals surface area contributed by atoms with Crippen LogP contribution in [0.4, 0.5) is 43.9 Å². The Hall–Kier alpha value is -2.84. The lowest BCUT2D eigenvalue weighted by Gasteiger charge is -2.31. The molecule has 0 amide bonds. The van der Waals surface area contributed by atoms with Gasteiger partial charge in [-0.3, -0.25) is 4.28 Å². The van der Waals surface area contributed by atoms with Gasteiger partial charge in [-0.25, -0.2) is 4.39 Å². The van der Waals surface area contributed by atoms with Crippen molar-refractivity contribution in [2.45, 2.75) is 29.7 Å². The van der Waals surface area contributed by atoms with Gasteiger partial charge >= 0.3 is 33.4 Å². The molecule has 0 saturated carbocycles. The van der Waals surface area contributed by atoms with E-state index in [9.17, 15) is 52.3 Å².